The van der Waals surface area contributed by atoms with Crippen molar-refractivity contribution in [3.8, 4) is 0 Å². The van der Waals surface area contributed by atoms with Crippen molar-refractivity contribution in [2.24, 2.45) is 5.92 Å². The van der Waals surface area contributed by atoms with Crippen LogP contribution < -0.4 is 5.56 Å². The fourth-order valence-corrected chi connectivity index (χ4v) is 3.54. The van der Waals surface area contributed by atoms with E-state index in [1.807, 2.05) is 30.1 Å². The molecule has 4 heteroatoms. The molecule has 3 rings (SSSR count). The Morgan fingerprint density at radius 2 is 1.95 bits per heavy atom. The quantitative estimate of drug-likeness (QED) is 0.925. The summed E-state index contributed by atoms with van der Waals surface area (Å²) in [6.45, 7) is 2.21. The normalized spacial score (nSPS) is 21.7. The van der Waals surface area contributed by atoms with Gasteiger partial charge in [-0.1, -0.05) is 38.0 Å². The Morgan fingerprint density at radius 1 is 1.23 bits per heavy atom. The number of benzene rings is 1. The molecule has 0 spiro atoms. The third-order valence-electron chi connectivity index (χ3n) is 4.87. The number of nitrogens with zero attached hydrogens (tertiary/aromatic N) is 1. The van der Waals surface area contributed by atoms with Crippen LogP contribution in [0.5, 0.6) is 0 Å². The largest absolute Gasteiger partial charge is 0.337 e. The van der Waals surface area contributed by atoms with Crippen LogP contribution in [0.4, 0.5) is 0 Å². The Hall–Kier alpha value is -2.10. The maximum absolute atomic E-state index is 12.7. The summed E-state index contributed by atoms with van der Waals surface area (Å²) in [6, 6.07) is 9.39. The predicted molar refractivity (Wildman–Crippen MR) is 88.1 cm³/mol. The number of amides is 1. The highest BCUT2D eigenvalue weighted by Gasteiger charge is 2.28. The molecule has 1 aliphatic rings. The molecule has 0 aliphatic heterocycles. The van der Waals surface area contributed by atoms with Gasteiger partial charge in [-0.15, -0.1) is 0 Å². The van der Waals surface area contributed by atoms with E-state index in [-0.39, 0.29) is 17.5 Å². The summed E-state index contributed by atoms with van der Waals surface area (Å²) in [7, 11) is 1.85. The first kappa shape index (κ1) is 14.8. The first-order valence-corrected chi connectivity index (χ1v) is 7.97. The molecule has 22 heavy (non-hydrogen) atoms. The molecular formula is C18H22N2O2. The average molecular weight is 298 g/mol. The Morgan fingerprint density at radius 3 is 2.73 bits per heavy atom. The predicted octanol–water partition coefficient (Wildman–Crippen LogP) is 3.18. The van der Waals surface area contributed by atoms with Gasteiger partial charge in [0.2, 0.25) is 0 Å². The van der Waals surface area contributed by atoms with E-state index in [4.69, 9.17) is 0 Å². The highest BCUT2D eigenvalue weighted by molar-refractivity contribution is 5.96. The van der Waals surface area contributed by atoms with Gasteiger partial charge in [0.25, 0.3) is 11.5 Å². The van der Waals surface area contributed by atoms with Crippen molar-refractivity contribution in [1.29, 1.82) is 0 Å². The second-order valence-electron chi connectivity index (χ2n) is 6.34. The highest BCUT2D eigenvalue weighted by atomic mass is 16.2. The fraction of sp³-hybridized carbons (Fsp3) is 0.444. The lowest BCUT2D eigenvalue weighted by molar-refractivity contribution is 0.0623. The highest BCUT2D eigenvalue weighted by Crippen LogP contribution is 2.28. The lowest BCUT2D eigenvalue weighted by atomic mass is 9.85. The summed E-state index contributed by atoms with van der Waals surface area (Å²) in [5.41, 5.74) is 0.176. The lowest BCUT2D eigenvalue weighted by Gasteiger charge is -2.36. The zero-order chi connectivity index (χ0) is 15.7. The van der Waals surface area contributed by atoms with Crippen LogP contribution in [-0.2, 0) is 0 Å². The number of hydrogen-bond donors (Lipinski definition) is 1. The van der Waals surface area contributed by atoms with E-state index in [0.717, 1.165) is 18.2 Å². The van der Waals surface area contributed by atoms with E-state index in [1.165, 1.54) is 12.8 Å². The van der Waals surface area contributed by atoms with Gasteiger partial charge in [-0.2, -0.15) is 0 Å². The van der Waals surface area contributed by atoms with Gasteiger partial charge >= 0.3 is 0 Å². The smallest absolute Gasteiger partial charge is 0.270 e. The molecule has 0 saturated heterocycles. The maximum Gasteiger partial charge on any atom is 0.270 e. The molecule has 1 fully saturated rings. The molecular weight excluding hydrogens is 276 g/mol. The number of H-pyrrole nitrogens is 1. The van der Waals surface area contributed by atoms with E-state index in [1.54, 1.807) is 12.1 Å². The van der Waals surface area contributed by atoms with Gasteiger partial charge in [-0.05, 0) is 36.3 Å². The topological polar surface area (TPSA) is 53.2 Å². The van der Waals surface area contributed by atoms with Crippen molar-refractivity contribution in [3.05, 3.63) is 46.4 Å². The number of fused-ring (bicyclic) bond motifs is 1. The molecule has 1 aromatic carbocycles. The molecule has 116 valence electrons. The molecule has 1 aliphatic carbocycles. The van der Waals surface area contributed by atoms with Crippen molar-refractivity contribution in [3.63, 3.8) is 0 Å². The van der Waals surface area contributed by atoms with Gasteiger partial charge in [0.15, 0.2) is 0 Å². The average Bonchev–Trinajstić information content (AvgIpc) is 2.54. The monoisotopic (exact) mass is 298 g/mol. The molecule has 1 heterocycles. The summed E-state index contributed by atoms with van der Waals surface area (Å²) >= 11 is 0. The summed E-state index contributed by atoms with van der Waals surface area (Å²) in [5.74, 6) is 0.413. The first-order valence-electron chi connectivity index (χ1n) is 7.97. The van der Waals surface area contributed by atoms with Crippen molar-refractivity contribution >= 4 is 16.7 Å². The number of hydrogen-bond acceptors (Lipinski definition) is 2. The number of rotatable bonds is 2. The number of nitrogens with one attached hydrogen (secondary N) is 1. The van der Waals surface area contributed by atoms with Crippen molar-refractivity contribution in [1.82, 2.24) is 9.88 Å². The molecule has 4 nitrogen and oxygen atoms in total. The van der Waals surface area contributed by atoms with Gasteiger partial charge in [0.05, 0.1) is 0 Å². The number of aromatic amines is 1. The second-order valence-corrected chi connectivity index (χ2v) is 6.34. The number of carbonyl (C=O) groups is 1. The third kappa shape index (κ3) is 2.65. The maximum atomic E-state index is 12.7. The van der Waals surface area contributed by atoms with Crippen LogP contribution in [0.3, 0.4) is 0 Å². The lowest BCUT2D eigenvalue weighted by Crippen LogP contribution is -2.43. The van der Waals surface area contributed by atoms with Crippen molar-refractivity contribution in [2.75, 3.05) is 7.05 Å². The van der Waals surface area contributed by atoms with Crippen LogP contribution >= 0.6 is 0 Å². The van der Waals surface area contributed by atoms with Gasteiger partial charge in [0.1, 0.15) is 5.69 Å². The SMILES string of the molecule is C[C@H]1CCCC[C@H]1N(C)C(=O)c1cc2ccccc2c(=O)[nH]1. The molecule has 1 saturated carbocycles. The summed E-state index contributed by atoms with van der Waals surface area (Å²) in [6.07, 6.45) is 4.62. The third-order valence-corrected chi connectivity index (χ3v) is 4.87. The Balaban J connectivity index is 1.93. The summed E-state index contributed by atoms with van der Waals surface area (Å²) in [4.78, 5) is 29.4. The zero-order valence-corrected chi connectivity index (χ0v) is 13.1. The second kappa shape index (κ2) is 5.95. The summed E-state index contributed by atoms with van der Waals surface area (Å²) in [5, 5.41) is 1.42. The van der Waals surface area contributed by atoms with Gasteiger partial charge in [-0.3, -0.25) is 9.59 Å². The Labute approximate surface area is 130 Å². The minimum absolute atomic E-state index is 0.0957. The molecule has 1 aromatic heterocycles. The number of aromatic nitrogens is 1. The molecule has 2 aromatic rings. The molecule has 0 unspecified atom stereocenters. The van der Waals surface area contributed by atoms with Crippen LogP contribution in [0.25, 0.3) is 10.8 Å². The van der Waals surface area contributed by atoms with E-state index < -0.39 is 0 Å². The van der Waals surface area contributed by atoms with Crippen LogP contribution in [0.2, 0.25) is 0 Å². The minimum atomic E-state index is -0.202. The van der Waals surface area contributed by atoms with E-state index in [0.29, 0.717) is 17.0 Å². The minimum Gasteiger partial charge on any atom is -0.337 e. The van der Waals surface area contributed by atoms with Crippen molar-refractivity contribution < 1.29 is 4.79 Å². The van der Waals surface area contributed by atoms with E-state index in [9.17, 15) is 9.59 Å². The first-order chi connectivity index (χ1) is 10.6. The molecule has 2 atom stereocenters. The van der Waals surface area contributed by atoms with E-state index >= 15 is 0 Å². The molecule has 1 N–H and O–H groups in total. The summed E-state index contributed by atoms with van der Waals surface area (Å²) < 4.78 is 0. The van der Waals surface area contributed by atoms with Gasteiger partial charge in [-0.25, -0.2) is 0 Å². The fourth-order valence-electron chi connectivity index (χ4n) is 3.54. The van der Waals surface area contributed by atoms with Crippen LogP contribution in [0, 0.1) is 5.92 Å². The van der Waals surface area contributed by atoms with Crippen LogP contribution in [-0.4, -0.2) is 28.9 Å². The molecule has 0 bridgehead atoms. The standard InChI is InChI=1S/C18H22N2O2/c1-12-7-3-6-10-16(12)20(2)18(22)15-11-13-8-4-5-9-14(13)17(21)19-15/h4-5,8-9,11-12,16H,3,6-7,10H2,1-2H3,(H,19,21)/t12-,16+/m0/s1. The zero-order valence-electron chi connectivity index (χ0n) is 13.1. The number of pyridine rings is 1. The Kier molecular flexibility index (Phi) is 4.01. The number of carbonyl (C=O) groups excluding carboxylic acids is 1. The van der Waals surface area contributed by atoms with Crippen LogP contribution in [0.1, 0.15) is 43.1 Å². The van der Waals surface area contributed by atoms with Crippen LogP contribution in [0.15, 0.2) is 35.1 Å². The molecule has 0 radical (unpaired) electrons. The van der Waals surface area contributed by atoms with Gasteiger partial charge in [0, 0.05) is 18.5 Å². The Bertz CT molecular complexity index is 750. The van der Waals surface area contributed by atoms with E-state index in [2.05, 4.69) is 11.9 Å². The van der Waals surface area contributed by atoms with Crippen molar-refractivity contribution in [2.45, 2.75) is 38.6 Å². The molecule has 1 amide bonds. The van der Waals surface area contributed by atoms with Gasteiger partial charge < -0.3 is 9.88 Å².